The Morgan fingerprint density at radius 1 is 0.933 bits per heavy atom. The number of benzene rings is 1. The molecule has 1 spiro atoms. The molecule has 1 aromatic carbocycles. The van der Waals surface area contributed by atoms with Crippen LogP contribution in [0.5, 0.6) is 0 Å². The fourth-order valence-electron chi connectivity index (χ4n) is 3.10. The molecule has 0 amide bonds. The maximum atomic E-state index is 5.48. The third-order valence-corrected chi connectivity index (χ3v) is 4.16. The lowest BCUT2D eigenvalue weighted by atomic mass is 9.67. The van der Waals surface area contributed by atoms with Crippen LogP contribution in [0.25, 0.3) is 0 Å². The summed E-state index contributed by atoms with van der Waals surface area (Å²) in [4.78, 5) is 0. The van der Waals surface area contributed by atoms with E-state index in [1.54, 1.807) is 11.1 Å². The normalized spacial score (nSPS) is 23.7. The molecule has 2 aliphatic rings. The van der Waals surface area contributed by atoms with Crippen LogP contribution in [0.2, 0.25) is 0 Å². The molecule has 80 valence electrons. The van der Waals surface area contributed by atoms with Crippen LogP contribution in [-0.2, 0) is 17.6 Å². The first-order chi connectivity index (χ1) is 7.38. The highest BCUT2D eigenvalue weighted by Gasteiger charge is 2.35. The average molecular weight is 202 g/mol. The van der Waals surface area contributed by atoms with E-state index in [4.69, 9.17) is 4.74 Å². The van der Waals surface area contributed by atoms with Crippen molar-refractivity contribution in [3.05, 3.63) is 35.4 Å². The van der Waals surface area contributed by atoms with Crippen molar-refractivity contribution in [3.63, 3.8) is 0 Å². The van der Waals surface area contributed by atoms with Crippen molar-refractivity contribution in [1.29, 1.82) is 0 Å². The van der Waals surface area contributed by atoms with E-state index in [9.17, 15) is 0 Å². The zero-order valence-electron chi connectivity index (χ0n) is 9.17. The fraction of sp³-hybridized carbons (Fsp3) is 0.571. The predicted octanol–water partition coefficient (Wildman–Crippen LogP) is 2.97. The second-order valence-electron chi connectivity index (χ2n) is 5.06. The minimum Gasteiger partial charge on any atom is -0.381 e. The monoisotopic (exact) mass is 202 g/mol. The molecule has 1 heteroatoms. The van der Waals surface area contributed by atoms with Gasteiger partial charge in [0.1, 0.15) is 0 Å². The van der Waals surface area contributed by atoms with Gasteiger partial charge in [-0.15, -0.1) is 0 Å². The Balaban J connectivity index is 1.87. The lowest BCUT2D eigenvalue weighted by molar-refractivity contribution is 0.00754. The molecule has 1 heterocycles. The molecule has 1 saturated heterocycles. The number of rotatable bonds is 0. The van der Waals surface area contributed by atoms with E-state index in [1.165, 1.54) is 32.1 Å². The molecule has 0 N–H and O–H groups in total. The molecule has 1 aliphatic carbocycles. The van der Waals surface area contributed by atoms with Crippen molar-refractivity contribution >= 4 is 0 Å². The smallest absolute Gasteiger partial charge is 0.0471 e. The lowest BCUT2D eigenvalue weighted by Gasteiger charge is -2.41. The Hall–Kier alpha value is -0.820. The van der Waals surface area contributed by atoms with Gasteiger partial charge < -0.3 is 4.74 Å². The molecular formula is C14H18O. The molecule has 1 fully saturated rings. The minimum atomic E-state index is 0.576. The van der Waals surface area contributed by atoms with Crippen LogP contribution >= 0.6 is 0 Å². The Labute approximate surface area is 91.5 Å². The van der Waals surface area contributed by atoms with Gasteiger partial charge in [-0.3, -0.25) is 0 Å². The topological polar surface area (TPSA) is 9.23 Å². The van der Waals surface area contributed by atoms with E-state index in [0.29, 0.717) is 5.41 Å². The molecule has 0 bridgehead atoms. The van der Waals surface area contributed by atoms with Crippen LogP contribution in [0.3, 0.4) is 0 Å². The van der Waals surface area contributed by atoms with Gasteiger partial charge in [0.05, 0.1) is 0 Å². The Morgan fingerprint density at radius 3 is 2.47 bits per heavy atom. The number of hydrogen-bond acceptors (Lipinski definition) is 1. The molecule has 3 rings (SSSR count). The summed E-state index contributed by atoms with van der Waals surface area (Å²) in [5, 5.41) is 0. The highest BCUT2D eigenvalue weighted by molar-refractivity contribution is 5.31. The number of fused-ring (bicyclic) bond motifs is 1. The average Bonchev–Trinajstić information content (AvgIpc) is 2.30. The summed E-state index contributed by atoms with van der Waals surface area (Å²) in [6.45, 7) is 1.95. The van der Waals surface area contributed by atoms with E-state index in [0.717, 1.165) is 13.2 Å². The van der Waals surface area contributed by atoms with Gasteiger partial charge in [0, 0.05) is 13.2 Å². The summed E-state index contributed by atoms with van der Waals surface area (Å²) in [6.07, 6.45) is 6.46. The first-order valence-electron chi connectivity index (χ1n) is 6.03. The van der Waals surface area contributed by atoms with Gasteiger partial charge in [-0.1, -0.05) is 24.3 Å². The van der Waals surface area contributed by atoms with Crippen molar-refractivity contribution in [3.8, 4) is 0 Å². The molecule has 0 radical (unpaired) electrons. The van der Waals surface area contributed by atoms with Crippen molar-refractivity contribution < 1.29 is 4.74 Å². The Morgan fingerprint density at radius 2 is 1.67 bits per heavy atom. The van der Waals surface area contributed by atoms with Gasteiger partial charge in [0.25, 0.3) is 0 Å². The van der Waals surface area contributed by atoms with Crippen LogP contribution in [0, 0.1) is 5.41 Å². The van der Waals surface area contributed by atoms with Crippen LogP contribution in [-0.4, -0.2) is 13.2 Å². The van der Waals surface area contributed by atoms with Crippen LogP contribution in [0.4, 0.5) is 0 Å². The molecule has 1 nitrogen and oxygen atoms in total. The third kappa shape index (κ3) is 1.69. The molecule has 15 heavy (non-hydrogen) atoms. The molecule has 0 unspecified atom stereocenters. The van der Waals surface area contributed by atoms with E-state index in [-0.39, 0.29) is 0 Å². The highest BCUT2D eigenvalue weighted by atomic mass is 16.5. The molecule has 0 atom stereocenters. The van der Waals surface area contributed by atoms with E-state index in [2.05, 4.69) is 24.3 Å². The molecular weight excluding hydrogens is 184 g/mol. The number of aryl methyl sites for hydroxylation is 1. The van der Waals surface area contributed by atoms with Gasteiger partial charge in [0.15, 0.2) is 0 Å². The molecule has 0 saturated carbocycles. The minimum absolute atomic E-state index is 0.576. The largest absolute Gasteiger partial charge is 0.381 e. The van der Waals surface area contributed by atoms with Crippen molar-refractivity contribution in [2.75, 3.05) is 13.2 Å². The molecule has 1 aromatic rings. The summed E-state index contributed by atoms with van der Waals surface area (Å²) in [5.41, 5.74) is 3.74. The zero-order valence-corrected chi connectivity index (χ0v) is 9.17. The predicted molar refractivity (Wildman–Crippen MR) is 61.0 cm³/mol. The Bertz CT molecular complexity index is 350. The van der Waals surface area contributed by atoms with Crippen molar-refractivity contribution in [2.45, 2.75) is 32.1 Å². The Kier molecular flexibility index (Phi) is 2.28. The van der Waals surface area contributed by atoms with Crippen LogP contribution < -0.4 is 0 Å². The fourth-order valence-corrected chi connectivity index (χ4v) is 3.10. The lowest BCUT2D eigenvalue weighted by Crippen LogP contribution is -2.35. The number of hydrogen-bond donors (Lipinski definition) is 0. The number of ether oxygens (including phenoxy) is 1. The first kappa shape index (κ1) is 9.41. The SMILES string of the molecule is c1ccc2c(c1)CCC1(CCOCC1)C2. The van der Waals surface area contributed by atoms with Gasteiger partial charge in [0.2, 0.25) is 0 Å². The van der Waals surface area contributed by atoms with Crippen LogP contribution in [0.1, 0.15) is 30.4 Å². The van der Waals surface area contributed by atoms with Gasteiger partial charge >= 0.3 is 0 Å². The maximum Gasteiger partial charge on any atom is 0.0471 e. The second kappa shape index (κ2) is 3.64. The molecule has 1 aliphatic heterocycles. The summed E-state index contributed by atoms with van der Waals surface area (Å²) in [7, 11) is 0. The van der Waals surface area contributed by atoms with Crippen molar-refractivity contribution in [2.24, 2.45) is 5.41 Å². The van der Waals surface area contributed by atoms with Gasteiger partial charge in [-0.2, -0.15) is 0 Å². The van der Waals surface area contributed by atoms with Gasteiger partial charge in [-0.25, -0.2) is 0 Å². The van der Waals surface area contributed by atoms with E-state index < -0.39 is 0 Å². The summed E-state index contributed by atoms with van der Waals surface area (Å²) in [6, 6.07) is 8.95. The first-order valence-corrected chi connectivity index (χ1v) is 6.03. The van der Waals surface area contributed by atoms with Crippen LogP contribution in [0.15, 0.2) is 24.3 Å². The standard InChI is InChI=1S/C14H18O/c1-2-4-13-11-14(6-5-12(13)3-1)7-9-15-10-8-14/h1-4H,5-11H2. The summed E-state index contributed by atoms with van der Waals surface area (Å²) < 4.78 is 5.48. The second-order valence-corrected chi connectivity index (χ2v) is 5.06. The quantitative estimate of drug-likeness (QED) is 0.628. The highest BCUT2D eigenvalue weighted by Crippen LogP contribution is 2.42. The van der Waals surface area contributed by atoms with E-state index >= 15 is 0 Å². The summed E-state index contributed by atoms with van der Waals surface area (Å²) in [5.74, 6) is 0. The van der Waals surface area contributed by atoms with Gasteiger partial charge in [-0.05, 0) is 48.6 Å². The molecule has 0 aromatic heterocycles. The maximum absolute atomic E-state index is 5.48. The zero-order chi connectivity index (χ0) is 10.1. The van der Waals surface area contributed by atoms with E-state index in [1.807, 2.05) is 0 Å². The van der Waals surface area contributed by atoms with Crippen molar-refractivity contribution in [1.82, 2.24) is 0 Å². The third-order valence-electron chi connectivity index (χ3n) is 4.16. The summed E-state index contributed by atoms with van der Waals surface area (Å²) >= 11 is 0.